The smallest absolute Gasteiger partial charge is 0.178 e. The maximum Gasteiger partial charge on any atom is 0.178 e. The maximum atomic E-state index is 13.7. The van der Waals surface area contributed by atoms with Gasteiger partial charge in [-0.25, -0.2) is 4.39 Å². The summed E-state index contributed by atoms with van der Waals surface area (Å²) in [7, 11) is 0. The van der Waals surface area contributed by atoms with Crippen LogP contribution in [-0.2, 0) is 6.54 Å². The molecule has 0 atom stereocenters. The van der Waals surface area contributed by atoms with E-state index in [1.807, 2.05) is 16.7 Å². The van der Waals surface area contributed by atoms with Crippen molar-refractivity contribution in [2.45, 2.75) is 6.54 Å². The molecule has 1 heterocycles. The Morgan fingerprint density at radius 1 is 1.16 bits per heavy atom. The van der Waals surface area contributed by atoms with E-state index < -0.39 is 0 Å². The van der Waals surface area contributed by atoms with Gasteiger partial charge in [-0.15, -0.1) is 0 Å². The maximum absolute atomic E-state index is 13.7. The van der Waals surface area contributed by atoms with Gasteiger partial charge in [0, 0.05) is 5.56 Å². The number of halogens is 2. The molecule has 0 bridgehead atoms. The van der Waals surface area contributed by atoms with Gasteiger partial charge in [-0.3, -0.25) is 0 Å². The van der Waals surface area contributed by atoms with Crippen LogP contribution in [-0.4, -0.2) is 9.55 Å². The van der Waals surface area contributed by atoms with Crippen molar-refractivity contribution in [2.24, 2.45) is 0 Å². The number of benzene rings is 2. The average molecular weight is 293 g/mol. The molecule has 0 amide bonds. The predicted molar refractivity (Wildman–Crippen MR) is 77.6 cm³/mol. The molecule has 0 aliphatic heterocycles. The second-order valence-corrected chi connectivity index (χ2v) is 5.04. The van der Waals surface area contributed by atoms with Gasteiger partial charge in [-0.1, -0.05) is 35.9 Å². The third-order valence-electron chi connectivity index (χ3n) is 3.03. The molecule has 0 saturated carbocycles. The van der Waals surface area contributed by atoms with Crippen molar-refractivity contribution in [3.8, 4) is 0 Å². The Balaban J connectivity index is 2.19. The van der Waals surface area contributed by atoms with Crippen LogP contribution in [0.15, 0.2) is 42.5 Å². The Bertz CT molecular complexity index is 807. The van der Waals surface area contributed by atoms with Crippen LogP contribution in [0.1, 0.15) is 5.56 Å². The summed E-state index contributed by atoms with van der Waals surface area (Å²) in [6, 6.07) is 12.2. The number of fused-ring (bicyclic) bond motifs is 1. The van der Waals surface area contributed by atoms with Gasteiger partial charge < -0.3 is 9.55 Å². The van der Waals surface area contributed by atoms with Crippen LogP contribution in [0.25, 0.3) is 11.0 Å². The second-order valence-electron chi connectivity index (χ2n) is 4.24. The lowest BCUT2D eigenvalue weighted by molar-refractivity contribution is 0.600. The highest BCUT2D eigenvalue weighted by molar-refractivity contribution is 7.71. The lowest BCUT2D eigenvalue weighted by Gasteiger charge is -2.06. The number of imidazole rings is 1. The number of hydrogen-bond donors (Lipinski definition) is 1. The summed E-state index contributed by atoms with van der Waals surface area (Å²) in [5.41, 5.74) is 2.24. The topological polar surface area (TPSA) is 20.7 Å². The van der Waals surface area contributed by atoms with Gasteiger partial charge in [-0.05, 0) is 30.4 Å². The van der Waals surface area contributed by atoms with Gasteiger partial charge in [0.15, 0.2) is 4.77 Å². The minimum atomic E-state index is -0.245. The number of nitrogens with one attached hydrogen (secondary N) is 1. The van der Waals surface area contributed by atoms with E-state index in [0.29, 0.717) is 21.9 Å². The molecule has 1 aromatic heterocycles. The van der Waals surface area contributed by atoms with E-state index in [9.17, 15) is 4.39 Å². The molecule has 0 radical (unpaired) electrons. The molecule has 2 aromatic carbocycles. The molecular weight excluding hydrogens is 283 g/mol. The first kappa shape index (κ1) is 12.4. The van der Waals surface area contributed by atoms with Crippen LogP contribution in [0.3, 0.4) is 0 Å². The van der Waals surface area contributed by atoms with Crippen LogP contribution in [0.5, 0.6) is 0 Å². The Morgan fingerprint density at radius 3 is 2.74 bits per heavy atom. The van der Waals surface area contributed by atoms with E-state index in [1.165, 1.54) is 6.07 Å². The number of hydrogen-bond acceptors (Lipinski definition) is 1. The first-order valence-electron chi connectivity index (χ1n) is 5.77. The number of H-pyrrole nitrogens is 1. The van der Waals surface area contributed by atoms with E-state index in [0.717, 1.165) is 11.0 Å². The highest BCUT2D eigenvalue weighted by Crippen LogP contribution is 2.24. The first-order chi connectivity index (χ1) is 9.16. The molecule has 3 rings (SSSR count). The van der Waals surface area contributed by atoms with Crippen molar-refractivity contribution >= 4 is 34.9 Å². The van der Waals surface area contributed by atoms with Gasteiger partial charge >= 0.3 is 0 Å². The molecule has 0 aliphatic carbocycles. The summed E-state index contributed by atoms with van der Waals surface area (Å²) < 4.78 is 16.1. The van der Waals surface area contributed by atoms with Gasteiger partial charge in [0.2, 0.25) is 0 Å². The Hall–Kier alpha value is -1.65. The molecule has 0 saturated heterocycles. The van der Waals surface area contributed by atoms with Crippen molar-refractivity contribution in [3.63, 3.8) is 0 Å². The van der Waals surface area contributed by atoms with Crippen LogP contribution in [0.2, 0.25) is 5.02 Å². The van der Waals surface area contributed by atoms with Crippen molar-refractivity contribution in [2.75, 3.05) is 0 Å². The summed E-state index contributed by atoms with van der Waals surface area (Å²) in [4.78, 5) is 3.08. The first-order valence-corrected chi connectivity index (χ1v) is 6.56. The minimum Gasteiger partial charge on any atom is -0.331 e. The zero-order valence-electron chi connectivity index (χ0n) is 9.86. The fourth-order valence-electron chi connectivity index (χ4n) is 2.12. The zero-order chi connectivity index (χ0) is 13.4. The van der Waals surface area contributed by atoms with E-state index in [4.69, 9.17) is 23.8 Å². The minimum absolute atomic E-state index is 0.245. The number of aromatic nitrogens is 2. The summed E-state index contributed by atoms with van der Waals surface area (Å²) >= 11 is 11.5. The largest absolute Gasteiger partial charge is 0.331 e. The monoisotopic (exact) mass is 292 g/mol. The van der Waals surface area contributed by atoms with Gasteiger partial charge in [-0.2, -0.15) is 0 Å². The van der Waals surface area contributed by atoms with Crippen LogP contribution >= 0.6 is 23.8 Å². The highest BCUT2D eigenvalue weighted by Gasteiger charge is 2.10. The second kappa shape index (κ2) is 4.79. The normalized spacial score (nSPS) is 11.1. The van der Waals surface area contributed by atoms with Gasteiger partial charge in [0.05, 0.1) is 22.6 Å². The summed E-state index contributed by atoms with van der Waals surface area (Å²) in [5.74, 6) is -0.245. The molecule has 0 aliphatic rings. The Morgan fingerprint density at radius 2 is 1.95 bits per heavy atom. The fourth-order valence-corrected chi connectivity index (χ4v) is 2.66. The molecule has 0 spiro atoms. The molecule has 0 fully saturated rings. The number of nitrogens with zero attached hydrogens (tertiary/aromatic N) is 1. The van der Waals surface area contributed by atoms with E-state index >= 15 is 0 Å². The number of aromatic amines is 1. The van der Waals surface area contributed by atoms with Gasteiger partial charge in [0.1, 0.15) is 5.82 Å². The lowest BCUT2D eigenvalue weighted by atomic mass is 10.2. The average Bonchev–Trinajstić information content (AvgIpc) is 2.70. The number of rotatable bonds is 2. The molecule has 96 valence electrons. The molecule has 3 aromatic rings. The van der Waals surface area contributed by atoms with Crippen molar-refractivity contribution in [3.05, 3.63) is 63.6 Å². The zero-order valence-corrected chi connectivity index (χ0v) is 11.4. The van der Waals surface area contributed by atoms with Crippen LogP contribution in [0.4, 0.5) is 4.39 Å². The molecule has 1 N–H and O–H groups in total. The van der Waals surface area contributed by atoms with E-state index in [2.05, 4.69) is 4.98 Å². The lowest BCUT2D eigenvalue weighted by Crippen LogP contribution is -2.02. The number of para-hydroxylation sites is 1. The predicted octanol–water partition coefficient (Wildman–Crippen LogP) is 4.54. The Labute approximate surface area is 119 Å². The summed E-state index contributed by atoms with van der Waals surface area (Å²) in [5, 5.41) is 0.598. The molecular formula is C14H10ClFN2S. The molecule has 0 unspecified atom stereocenters. The quantitative estimate of drug-likeness (QED) is 0.688. The SMILES string of the molecule is Fc1ccccc1Cn1c(=S)[nH]c2cccc(Cl)c21. The van der Waals surface area contributed by atoms with Crippen LogP contribution < -0.4 is 0 Å². The highest BCUT2D eigenvalue weighted by atomic mass is 35.5. The summed E-state index contributed by atoms with van der Waals surface area (Å²) in [6.07, 6.45) is 0. The third kappa shape index (κ3) is 2.17. The van der Waals surface area contributed by atoms with Crippen LogP contribution in [0, 0.1) is 10.6 Å². The van der Waals surface area contributed by atoms with Crippen molar-refractivity contribution in [1.82, 2.24) is 9.55 Å². The molecule has 5 heteroatoms. The summed E-state index contributed by atoms with van der Waals surface area (Å²) in [6.45, 7) is 0.356. The molecule has 2 nitrogen and oxygen atoms in total. The third-order valence-corrected chi connectivity index (χ3v) is 3.66. The van der Waals surface area contributed by atoms with Crippen molar-refractivity contribution in [1.29, 1.82) is 0 Å². The fraction of sp³-hybridized carbons (Fsp3) is 0.0714. The Kier molecular flexibility index (Phi) is 3.12. The standard InChI is InChI=1S/C14H10ClFN2S/c15-10-5-3-7-12-13(10)18(14(19)17-12)8-9-4-1-2-6-11(9)16/h1-7H,8H2,(H,17,19). The van der Waals surface area contributed by atoms with E-state index in [-0.39, 0.29) is 5.82 Å². The van der Waals surface area contributed by atoms with Gasteiger partial charge in [0.25, 0.3) is 0 Å². The molecule has 19 heavy (non-hydrogen) atoms. The van der Waals surface area contributed by atoms with E-state index in [1.54, 1.807) is 24.3 Å². The van der Waals surface area contributed by atoms with Crippen molar-refractivity contribution < 1.29 is 4.39 Å².